The van der Waals surface area contributed by atoms with Gasteiger partial charge in [0.25, 0.3) is 5.56 Å². The number of rotatable bonds is 5. The van der Waals surface area contributed by atoms with Gasteiger partial charge in [-0.05, 0) is 81.5 Å². The van der Waals surface area contributed by atoms with E-state index in [-0.39, 0.29) is 11.4 Å². The second-order valence-corrected chi connectivity index (χ2v) is 10.2. The fourth-order valence-corrected chi connectivity index (χ4v) is 5.79. The highest BCUT2D eigenvalue weighted by molar-refractivity contribution is 5.80. The molecule has 2 aliphatic heterocycles. The molecular weight excluding hydrogens is 467 g/mol. The molecule has 37 heavy (non-hydrogen) atoms. The second kappa shape index (κ2) is 10.1. The summed E-state index contributed by atoms with van der Waals surface area (Å²) in [6.07, 6.45) is 6.68. The summed E-state index contributed by atoms with van der Waals surface area (Å²) in [5, 5.41) is 5.16. The predicted octanol–water partition coefficient (Wildman–Crippen LogP) is 5.59. The summed E-state index contributed by atoms with van der Waals surface area (Å²) in [5.41, 5.74) is 5.49. The van der Waals surface area contributed by atoms with Gasteiger partial charge in [-0.3, -0.25) is 9.36 Å². The fourth-order valence-electron chi connectivity index (χ4n) is 5.79. The molecule has 0 spiro atoms. The van der Waals surface area contributed by atoms with Crippen molar-refractivity contribution in [3.05, 3.63) is 93.0 Å². The lowest BCUT2D eigenvalue weighted by Crippen LogP contribution is -2.37. The van der Waals surface area contributed by atoms with Crippen molar-refractivity contribution in [3.8, 4) is 0 Å². The highest BCUT2D eigenvalue weighted by atomic mass is 19.1. The molecule has 2 aromatic heterocycles. The SMILES string of the molecule is Cc1nc2n(c(=O)c1CCN1CCC(c3noc4cc(F)ccc34)CC1)CCC/C2=C\c1ccccc1. The van der Waals surface area contributed by atoms with Crippen LogP contribution in [-0.2, 0) is 13.0 Å². The van der Waals surface area contributed by atoms with Crippen LogP contribution in [0.4, 0.5) is 4.39 Å². The van der Waals surface area contributed by atoms with Crippen LogP contribution in [0.15, 0.2) is 57.8 Å². The van der Waals surface area contributed by atoms with E-state index in [1.54, 1.807) is 6.07 Å². The van der Waals surface area contributed by atoms with Gasteiger partial charge in [0.05, 0.1) is 5.69 Å². The Morgan fingerprint density at radius 2 is 1.92 bits per heavy atom. The summed E-state index contributed by atoms with van der Waals surface area (Å²) in [6, 6.07) is 14.9. The average molecular weight is 499 g/mol. The maximum Gasteiger partial charge on any atom is 0.257 e. The zero-order valence-electron chi connectivity index (χ0n) is 21.1. The lowest BCUT2D eigenvalue weighted by atomic mass is 9.91. The molecule has 1 fully saturated rings. The van der Waals surface area contributed by atoms with E-state index < -0.39 is 0 Å². The van der Waals surface area contributed by atoms with Crippen molar-refractivity contribution in [1.82, 2.24) is 19.6 Å². The van der Waals surface area contributed by atoms with E-state index in [2.05, 4.69) is 28.3 Å². The lowest BCUT2D eigenvalue weighted by molar-refractivity contribution is 0.211. The second-order valence-electron chi connectivity index (χ2n) is 10.2. The van der Waals surface area contributed by atoms with Crippen molar-refractivity contribution in [2.24, 2.45) is 0 Å². The molecule has 6 rings (SSSR count). The van der Waals surface area contributed by atoms with Crippen LogP contribution in [0.25, 0.3) is 22.6 Å². The summed E-state index contributed by atoms with van der Waals surface area (Å²) < 4.78 is 20.8. The van der Waals surface area contributed by atoms with E-state index in [0.717, 1.165) is 91.2 Å². The summed E-state index contributed by atoms with van der Waals surface area (Å²) in [7, 11) is 0. The van der Waals surface area contributed by atoms with E-state index in [1.807, 2.05) is 29.7 Å². The molecule has 0 saturated carbocycles. The number of aromatic nitrogens is 3. The minimum absolute atomic E-state index is 0.109. The molecule has 7 heteroatoms. The molecule has 0 atom stereocenters. The molecule has 0 N–H and O–H groups in total. The van der Waals surface area contributed by atoms with Crippen LogP contribution in [0.1, 0.15) is 59.9 Å². The van der Waals surface area contributed by atoms with Gasteiger partial charge in [-0.2, -0.15) is 0 Å². The van der Waals surface area contributed by atoms with E-state index in [1.165, 1.54) is 12.1 Å². The predicted molar refractivity (Wildman–Crippen MR) is 143 cm³/mol. The van der Waals surface area contributed by atoms with Gasteiger partial charge in [0.1, 0.15) is 11.6 Å². The normalized spacial score (nSPS) is 17.9. The number of halogens is 1. The number of aryl methyl sites for hydroxylation is 1. The van der Waals surface area contributed by atoms with Crippen molar-refractivity contribution in [1.29, 1.82) is 0 Å². The summed E-state index contributed by atoms with van der Waals surface area (Å²) in [5.74, 6) is 0.814. The molecule has 2 aromatic carbocycles. The standard InChI is InChI=1S/C30H31FN4O2/c1-20-25(30(36)35-14-5-8-23(29(35)32-20)18-21-6-3-2-4-7-21)13-17-34-15-11-22(12-16-34)28-26-10-9-24(31)19-27(26)37-33-28/h2-4,6-7,9-10,18-19,22H,5,8,11-17H2,1H3/b23-18+. The van der Waals surface area contributed by atoms with Gasteiger partial charge in [-0.25, -0.2) is 9.37 Å². The molecule has 1 saturated heterocycles. The first-order valence-corrected chi connectivity index (χ1v) is 13.2. The minimum atomic E-state index is -0.309. The number of likely N-dealkylation sites (tertiary alicyclic amines) is 1. The van der Waals surface area contributed by atoms with Crippen molar-refractivity contribution in [2.75, 3.05) is 19.6 Å². The van der Waals surface area contributed by atoms with Gasteiger partial charge in [0, 0.05) is 41.7 Å². The lowest BCUT2D eigenvalue weighted by Gasteiger charge is -2.31. The number of allylic oxidation sites excluding steroid dienone is 1. The minimum Gasteiger partial charge on any atom is -0.356 e. The highest BCUT2D eigenvalue weighted by Crippen LogP contribution is 2.33. The van der Waals surface area contributed by atoms with Gasteiger partial charge in [0.15, 0.2) is 5.58 Å². The Kier molecular flexibility index (Phi) is 6.47. The Morgan fingerprint density at radius 3 is 2.73 bits per heavy atom. The number of hydrogen-bond acceptors (Lipinski definition) is 5. The maximum absolute atomic E-state index is 13.5. The van der Waals surface area contributed by atoms with Crippen molar-refractivity contribution in [2.45, 2.75) is 51.5 Å². The Bertz CT molecular complexity index is 1510. The number of hydrogen-bond donors (Lipinski definition) is 0. The van der Waals surface area contributed by atoms with Crippen LogP contribution in [0.5, 0.6) is 0 Å². The van der Waals surface area contributed by atoms with Gasteiger partial charge in [-0.1, -0.05) is 35.5 Å². The van der Waals surface area contributed by atoms with Crippen LogP contribution < -0.4 is 5.56 Å². The maximum atomic E-state index is 13.5. The monoisotopic (exact) mass is 498 g/mol. The van der Waals surface area contributed by atoms with Gasteiger partial charge >= 0.3 is 0 Å². The molecule has 0 bridgehead atoms. The van der Waals surface area contributed by atoms with Crippen LogP contribution in [0, 0.1) is 12.7 Å². The van der Waals surface area contributed by atoms with E-state index in [4.69, 9.17) is 9.51 Å². The third-order valence-corrected chi connectivity index (χ3v) is 7.84. The molecule has 0 amide bonds. The van der Waals surface area contributed by atoms with Crippen molar-refractivity contribution >= 4 is 22.6 Å². The molecular formula is C30H31FN4O2. The molecule has 0 unspecified atom stereocenters. The summed E-state index contributed by atoms with van der Waals surface area (Å²) in [4.78, 5) is 20.8. The quantitative estimate of drug-likeness (QED) is 0.359. The van der Waals surface area contributed by atoms with Crippen molar-refractivity contribution < 1.29 is 8.91 Å². The number of benzene rings is 2. The zero-order chi connectivity index (χ0) is 25.4. The smallest absolute Gasteiger partial charge is 0.257 e. The van der Waals surface area contributed by atoms with Gasteiger partial charge in [-0.15, -0.1) is 0 Å². The molecule has 4 heterocycles. The summed E-state index contributed by atoms with van der Waals surface area (Å²) >= 11 is 0. The third kappa shape index (κ3) is 4.76. The first-order chi connectivity index (χ1) is 18.1. The average Bonchev–Trinajstić information content (AvgIpc) is 3.33. The van der Waals surface area contributed by atoms with Gasteiger partial charge in [0.2, 0.25) is 0 Å². The fraction of sp³-hybridized carbons (Fsp3) is 0.367. The third-order valence-electron chi connectivity index (χ3n) is 7.84. The van der Waals surface area contributed by atoms with Crippen LogP contribution in [0.2, 0.25) is 0 Å². The van der Waals surface area contributed by atoms with Crippen LogP contribution in [-0.4, -0.2) is 39.2 Å². The topological polar surface area (TPSA) is 64.2 Å². The number of piperidine rings is 1. The largest absolute Gasteiger partial charge is 0.356 e. The Labute approximate surface area is 215 Å². The van der Waals surface area contributed by atoms with Gasteiger partial charge < -0.3 is 9.42 Å². The summed E-state index contributed by atoms with van der Waals surface area (Å²) in [6.45, 7) is 5.39. The molecule has 0 radical (unpaired) electrons. The first kappa shape index (κ1) is 23.8. The Hall–Kier alpha value is -3.58. The molecule has 190 valence electrons. The number of fused-ring (bicyclic) bond motifs is 2. The van der Waals surface area contributed by atoms with E-state index >= 15 is 0 Å². The Morgan fingerprint density at radius 1 is 1.11 bits per heavy atom. The zero-order valence-corrected chi connectivity index (χ0v) is 21.1. The molecule has 2 aliphatic rings. The van der Waals surface area contributed by atoms with E-state index in [9.17, 15) is 9.18 Å². The van der Waals surface area contributed by atoms with Crippen molar-refractivity contribution in [3.63, 3.8) is 0 Å². The first-order valence-electron chi connectivity index (χ1n) is 13.2. The van der Waals surface area contributed by atoms with Crippen LogP contribution >= 0.6 is 0 Å². The Balaban J connectivity index is 1.14. The van der Waals surface area contributed by atoms with E-state index in [0.29, 0.717) is 17.9 Å². The molecule has 6 nitrogen and oxygen atoms in total. The van der Waals surface area contributed by atoms with Crippen LogP contribution in [0.3, 0.4) is 0 Å². The molecule has 4 aromatic rings. The highest BCUT2D eigenvalue weighted by Gasteiger charge is 2.26. The molecule has 0 aliphatic carbocycles. The number of nitrogens with zero attached hydrogens (tertiary/aromatic N) is 4.